The number of benzene rings is 2. The molecule has 2 aromatic carbocycles. The molecule has 0 radical (unpaired) electrons. The Labute approximate surface area is 149 Å². The van der Waals surface area contributed by atoms with Crippen LogP contribution < -0.4 is 20.4 Å². The summed E-state index contributed by atoms with van der Waals surface area (Å²) in [6.07, 6.45) is 3.09. The number of hydrogen-bond acceptors (Lipinski definition) is 5. The zero-order chi connectivity index (χ0) is 18.5. The van der Waals surface area contributed by atoms with Crippen LogP contribution in [-0.2, 0) is 4.79 Å². The van der Waals surface area contributed by atoms with Crippen molar-refractivity contribution in [2.45, 2.75) is 0 Å². The molecule has 0 aliphatic rings. The van der Waals surface area contributed by atoms with Crippen LogP contribution in [0.3, 0.4) is 0 Å². The van der Waals surface area contributed by atoms with Gasteiger partial charge in [-0.3, -0.25) is 4.79 Å². The molecule has 0 saturated heterocycles. The fourth-order valence-electron chi connectivity index (χ4n) is 2.43. The third-order valence-corrected chi connectivity index (χ3v) is 3.69. The van der Waals surface area contributed by atoms with Crippen LogP contribution in [0.25, 0.3) is 17.0 Å². The Balaban J connectivity index is 1.75. The number of rotatable bonds is 5. The van der Waals surface area contributed by atoms with Gasteiger partial charge < -0.3 is 19.2 Å². The Kier molecular flexibility index (Phi) is 5.03. The first-order valence-electron chi connectivity index (χ1n) is 7.83. The fraction of sp³-hybridized carbons (Fsp3) is 0.100. The monoisotopic (exact) mass is 351 g/mol. The van der Waals surface area contributed by atoms with Gasteiger partial charge in [0.1, 0.15) is 17.1 Å². The molecule has 0 bridgehead atoms. The minimum Gasteiger partial charge on any atom is -0.497 e. The number of nitrogens with one attached hydrogen (secondary N) is 1. The van der Waals surface area contributed by atoms with Crippen molar-refractivity contribution < 1.29 is 18.7 Å². The Morgan fingerprint density at radius 2 is 1.73 bits per heavy atom. The van der Waals surface area contributed by atoms with E-state index >= 15 is 0 Å². The van der Waals surface area contributed by atoms with Gasteiger partial charge in [-0.05, 0) is 48.0 Å². The van der Waals surface area contributed by atoms with Crippen molar-refractivity contribution in [3.8, 4) is 11.5 Å². The third kappa shape index (κ3) is 4.10. The van der Waals surface area contributed by atoms with Crippen LogP contribution in [0, 0.1) is 0 Å². The summed E-state index contributed by atoms with van der Waals surface area (Å²) in [5, 5.41) is 3.49. The van der Waals surface area contributed by atoms with Crippen LogP contribution in [-0.4, -0.2) is 20.1 Å². The van der Waals surface area contributed by atoms with Crippen molar-refractivity contribution >= 4 is 28.6 Å². The highest BCUT2D eigenvalue weighted by Gasteiger charge is 2.03. The first-order valence-corrected chi connectivity index (χ1v) is 7.83. The van der Waals surface area contributed by atoms with E-state index in [9.17, 15) is 9.59 Å². The number of ether oxygens (including phenoxy) is 2. The number of methoxy groups -OCH3 is 2. The van der Waals surface area contributed by atoms with Gasteiger partial charge in [0.05, 0.1) is 14.2 Å². The van der Waals surface area contributed by atoms with Gasteiger partial charge in [0.2, 0.25) is 5.91 Å². The summed E-state index contributed by atoms with van der Waals surface area (Å²) in [4.78, 5) is 23.3. The van der Waals surface area contributed by atoms with Gasteiger partial charge in [-0.25, -0.2) is 4.79 Å². The predicted molar refractivity (Wildman–Crippen MR) is 99.7 cm³/mol. The summed E-state index contributed by atoms with van der Waals surface area (Å²) in [5.74, 6) is 0.990. The first kappa shape index (κ1) is 17.3. The number of anilines is 1. The van der Waals surface area contributed by atoms with E-state index in [0.29, 0.717) is 22.8 Å². The smallest absolute Gasteiger partial charge is 0.336 e. The molecule has 1 aromatic heterocycles. The van der Waals surface area contributed by atoms with Crippen LogP contribution in [0.5, 0.6) is 11.5 Å². The average Bonchev–Trinajstić information content (AvgIpc) is 2.66. The molecule has 1 N–H and O–H groups in total. The van der Waals surface area contributed by atoms with E-state index in [1.165, 1.54) is 12.1 Å². The highest BCUT2D eigenvalue weighted by molar-refractivity contribution is 6.02. The Morgan fingerprint density at radius 1 is 1.00 bits per heavy atom. The number of carbonyl (C=O) groups excluding carboxylic acids is 1. The van der Waals surface area contributed by atoms with Crippen LogP contribution in [0.4, 0.5) is 5.69 Å². The van der Waals surface area contributed by atoms with Gasteiger partial charge in [-0.2, -0.15) is 0 Å². The maximum atomic E-state index is 12.2. The minimum atomic E-state index is -0.411. The van der Waals surface area contributed by atoms with E-state index in [0.717, 1.165) is 10.9 Å². The van der Waals surface area contributed by atoms with Gasteiger partial charge in [-0.1, -0.05) is 0 Å². The predicted octanol–water partition coefficient (Wildman–Crippen LogP) is 3.46. The maximum Gasteiger partial charge on any atom is 0.336 e. The van der Waals surface area contributed by atoms with E-state index in [4.69, 9.17) is 13.9 Å². The normalized spacial score (nSPS) is 10.8. The van der Waals surface area contributed by atoms with Gasteiger partial charge in [0.25, 0.3) is 0 Å². The van der Waals surface area contributed by atoms with Gasteiger partial charge in [0.15, 0.2) is 0 Å². The third-order valence-electron chi connectivity index (χ3n) is 3.69. The van der Waals surface area contributed by atoms with Gasteiger partial charge in [-0.15, -0.1) is 0 Å². The molecule has 1 heterocycles. The lowest BCUT2D eigenvalue weighted by Crippen LogP contribution is -2.07. The van der Waals surface area contributed by atoms with E-state index in [1.807, 2.05) is 0 Å². The second kappa shape index (κ2) is 7.57. The summed E-state index contributed by atoms with van der Waals surface area (Å²) in [7, 11) is 3.13. The molecule has 1 amide bonds. The SMILES string of the molecule is COc1cc(/C=C/C(=O)Nc2ccc3oc(=O)ccc3c2)cc(OC)c1. The van der Waals surface area contributed by atoms with Crippen molar-refractivity contribution in [3.05, 3.63) is 70.6 Å². The molecule has 0 aliphatic heterocycles. The molecular formula is C20H17NO5. The summed E-state index contributed by atoms with van der Waals surface area (Å²) in [6.45, 7) is 0. The second-order valence-corrected chi connectivity index (χ2v) is 5.48. The second-order valence-electron chi connectivity index (χ2n) is 5.48. The highest BCUT2D eigenvalue weighted by atomic mass is 16.5. The number of carbonyl (C=O) groups is 1. The molecule has 0 unspecified atom stereocenters. The van der Waals surface area contributed by atoms with Crippen molar-refractivity contribution in [3.63, 3.8) is 0 Å². The molecule has 6 heteroatoms. The number of fused-ring (bicyclic) bond motifs is 1. The van der Waals surface area contributed by atoms with Crippen molar-refractivity contribution in [2.75, 3.05) is 19.5 Å². The lowest BCUT2D eigenvalue weighted by atomic mass is 10.2. The molecule has 26 heavy (non-hydrogen) atoms. The van der Waals surface area contributed by atoms with E-state index in [2.05, 4.69) is 5.32 Å². The average molecular weight is 351 g/mol. The van der Waals surface area contributed by atoms with E-state index < -0.39 is 5.63 Å². The lowest BCUT2D eigenvalue weighted by Gasteiger charge is -2.06. The first-order chi connectivity index (χ1) is 12.6. The molecule has 6 nitrogen and oxygen atoms in total. The van der Waals surface area contributed by atoms with Crippen molar-refractivity contribution in [1.82, 2.24) is 0 Å². The molecule has 3 rings (SSSR count). The Morgan fingerprint density at radius 3 is 2.42 bits per heavy atom. The molecule has 0 saturated carbocycles. The van der Waals surface area contributed by atoms with E-state index in [1.54, 1.807) is 62.8 Å². The summed E-state index contributed by atoms with van der Waals surface area (Å²) in [6, 6.07) is 13.4. The zero-order valence-electron chi connectivity index (χ0n) is 14.3. The highest BCUT2D eigenvalue weighted by Crippen LogP contribution is 2.23. The standard InChI is InChI=1S/C20H17NO5/c1-24-16-9-13(10-17(12-16)25-2)3-7-19(22)21-15-5-6-18-14(11-15)4-8-20(23)26-18/h3-12H,1-2H3,(H,21,22)/b7-3+. The quantitative estimate of drug-likeness (QED) is 0.563. The molecular weight excluding hydrogens is 334 g/mol. The van der Waals surface area contributed by atoms with Gasteiger partial charge in [0, 0.05) is 29.3 Å². The zero-order valence-corrected chi connectivity index (χ0v) is 14.3. The summed E-state index contributed by atoms with van der Waals surface area (Å²) >= 11 is 0. The topological polar surface area (TPSA) is 77.8 Å². The fourth-order valence-corrected chi connectivity index (χ4v) is 2.43. The van der Waals surface area contributed by atoms with E-state index in [-0.39, 0.29) is 5.91 Å². The van der Waals surface area contributed by atoms with Gasteiger partial charge >= 0.3 is 5.63 Å². The minimum absolute atomic E-state index is 0.288. The van der Waals surface area contributed by atoms with Crippen LogP contribution in [0.2, 0.25) is 0 Å². The Bertz CT molecular complexity index is 1010. The molecule has 0 spiro atoms. The molecule has 3 aromatic rings. The summed E-state index contributed by atoms with van der Waals surface area (Å²) in [5.41, 5.74) is 1.43. The Hall–Kier alpha value is -3.54. The largest absolute Gasteiger partial charge is 0.497 e. The van der Waals surface area contributed by atoms with Crippen LogP contribution in [0.1, 0.15) is 5.56 Å². The molecule has 0 aliphatic carbocycles. The van der Waals surface area contributed by atoms with Crippen molar-refractivity contribution in [1.29, 1.82) is 0 Å². The molecule has 132 valence electrons. The molecule has 0 atom stereocenters. The lowest BCUT2D eigenvalue weighted by molar-refractivity contribution is -0.111. The number of amides is 1. The summed E-state index contributed by atoms with van der Waals surface area (Å²) < 4.78 is 15.5. The number of hydrogen-bond donors (Lipinski definition) is 1. The van der Waals surface area contributed by atoms with Crippen LogP contribution >= 0.6 is 0 Å². The van der Waals surface area contributed by atoms with Crippen molar-refractivity contribution in [2.24, 2.45) is 0 Å². The maximum absolute atomic E-state index is 12.2. The van der Waals surface area contributed by atoms with Crippen LogP contribution in [0.15, 0.2) is 63.8 Å². The molecule has 0 fully saturated rings.